The number of allylic oxidation sites excluding steroid dienone is 2. The standard InChI is InChI=1S/C21H21FN4/c1-16(26-14-10-19-5-3-4-6-21(19)26)20(22)15-25-17(2)24-13-9-18-7-11-23-12-8-18/h3-8,10-12,14-15H,1,9,13H2,2H3,(H,24,25)/b20-15+. The molecule has 2 aromatic heterocycles. The van der Waals surface area contributed by atoms with Crippen molar-refractivity contribution >= 4 is 22.4 Å². The number of nitrogens with one attached hydrogen (secondary N) is 1. The summed E-state index contributed by atoms with van der Waals surface area (Å²) in [6.07, 6.45) is 7.45. The molecule has 26 heavy (non-hydrogen) atoms. The normalized spacial score (nSPS) is 12.4. The Balaban J connectivity index is 1.60. The van der Waals surface area contributed by atoms with E-state index < -0.39 is 5.83 Å². The molecule has 3 aromatic rings. The van der Waals surface area contributed by atoms with Crippen molar-refractivity contribution in [3.05, 3.63) is 85.2 Å². The maximum Gasteiger partial charge on any atom is 0.162 e. The second kappa shape index (κ2) is 8.25. The first-order valence-electron chi connectivity index (χ1n) is 8.43. The smallest absolute Gasteiger partial charge is 0.162 e. The number of pyridine rings is 1. The van der Waals surface area contributed by atoms with Gasteiger partial charge in [0, 0.05) is 31.3 Å². The van der Waals surface area contributed by atoms with Gasteiger partial charge in [0.15, 0.2) is 5.83 Å². The Labute approximate surface area is 152 Å². The molecule has 0 spiro atoms. The molecule has 0 amide bonds. The van der Waals surface area contributed by atoms with E-state index in [4.69, 9.17) is 0 Å². The third-order valence-corrected chi connectivity index (χ3v) is 4.07. The highest BCUT2D eigenvalue weighted by molar-refractivity contribution is 5.85. The number of aromatic nitrogens is 2. The summed E-state index contributed by atoms with van der Waals surface area (Å²) in [5, 5.41) is 3.93. The molecule has 0 aliphatic rings. The van der Waals surface area contributed by atoms with Crippen LogP contribution in [0.3, 0.4) is 0 Å². The molecule has 0 aliphatic carbocycles. The van der Waals surface area contributed by atoms with Crippen molar-refractivity contribution in [2.75, 3.05) is 6.54 Å². The molecule has 1 N–H and O–H groups in total. The summed E-state index contributed by atoms with van der Waals surface area (Å²) < 4.78 is 16.2. The molecule has 1 aromatic carbocycles. The Hall–Kier alpha value is -3.21. The summed E-state index contributed by atoms with van der Waals surface area (Å²) in [6.45, 7) is 6.30. The summed E-state index contributed by atoms with van der Waals surface area (Å²) in [7, 11) is 0. The van der Waals surface area contributed by atoms with E-state index in [0.29, 0.717) is 12.4 Å². The van der Waals surface area contributed by atoms with E-state index >= 15 is 0 Å². The Bertz CT molecular complexity index is 954. The van der Waals surface area contributed by atoms with E-state index in [1.807, 2.05) is 55.6 Å². The van der Waals surface area contributed by atoms with Crippen molar-refractivity contribution in [3.63, 3.8) is 0 Å². The molecule has 0 saturated heterocycles. The lowest BCUT2D eigenvalue weighted by Crippen LogP contribution is -2.15. The summed E-state index contributed by atoms with van der Waals surface area (Å²) in [6, 6.07) is 13.7. The van der Waals surface area contributed by atoms with Crippen molar-refractivity contribution in [3.8, 4) is 0 Å². The second-order valence-electron chi connectivity index (χ2n) is 5.90. The second-order valence-corrected chi connectivity index (χ2v) is 5.90. The molecule has 4 nitrogen and oxygen atoms in total. The van der Waals surface area contributed by atoms with Gasteiger partial charge in [0.1, 0.15) is 0 Å². The largest absolute Gasteiger partial charge is 0.348 e. The zero-order valence-electron chi connectivity index (χ0n) is 14.7. The number of para-hydroxylation sites is 1. The van der Waals surface area contributed by atoms with Gasteiger partial charge in [0.05, 0.1) is 17.0 Å². The van der Waals surface area contributed by atoms with Crippen LogP contribution in [0.4, 0.5) is 4.39 Å². The maximum absolute atomic E-state index is 14.5. The van der Waals surface area contributed by atoms with E-state index in [9.17, 15) is 4.39 Å². The summed E-state index contributed by atoms with van der Waals surface area (Å²) in [4.78, 5) is 8.39. The Morgan fingerprint density at radius 1 is 1.23 bits per heavy atom. The summed E-state index contributed by atoms with van der Waals surface area (Å²) in [5.41, 5.74) is 2.37. The summed E-state index contributed by atoms with van der Waals surface area (Å²) >= 11 is 0. The SMILES string of the molecule is C=C(/C(F)=C\NC(C)=NCCc1ccncc1)n1ccc2ccccc21. The van der Waals surface area contributed by atoms with E-state index in [-0.39, 0.29) is 5.70 Å². The molecule has 132 valence electrons. The minimum absolute atomic E-state index is 0.281. The van der Waals surface area contributed by atoms with Crippen LogP contribution in [0.5, 0.6) is 0 Å². The summed E-state index contributed by atoms with van der Waals surface area (Å²) in [5.74, 6) is 0.217. The number of hydrogen-bond acceptors (Lipinski definition) is 2. The molecule has 0 unspecified atom stereocenters. The van der Waals surface area contributed by atoms with Crippen molar-refractivity contribution in [1.29, 1.82) is 0 Å². The lowest BCUT2D eigenvalue weighted by atomic mass is 10.2. The van der Waals surface area contributed by atoms with Crippen LogP contribution in [0, 0.1) is 0 Å². The number of amidine groups is 1. The van der Waals surface area contributed by atoms with Crippen molar-refractivity contribution in [2.24, 2.45) is 4.99 Å². The minimum Gasteiger partial charge on any atom is -0.348 e. The number of nitrogens with zero attached hydrogens (tertiary/aromatic N) is 3. The highest BCUT2D eigenvalue weighted by atomic mass is 19.1. The zero-order valence-corrected chi connectivity index (χ0v) is 14.7. The van der Waals surface area contributed by atoms with Crippen LogP contribution in [-0.4, -0.2) is 21.9 Å². The Kier molecular flexibility index (Phi) is 5.59. The molecule has 0 fully saturated rings. The molecule has 0 atom stereocenters. The zero-order chi connectivity index (χ0) is 18.4. The van der Waals surface area contributed by atoms with Crippen LogP contribution < -0.4 is 5.32 Å². The van der Waals surface area contributed by atoms with Gasteiger partial charge in [0.25, 0.3) is 0 Å². The lowest BCUT2D eigenvalue weighted by molar-refractivity contribution is 0.657. The molecular weight excluding hydrogens is 327 g/mol. The van der Waals surface area contributed by atoms with Crippen LogP contribution in [0.25, 0.3) is 16.6 Å². The van der Waals surface area contributed by atoms with Crippen LogP contribution >= 0.6 is 0 Å². The third kappa shape index (κ3) is 4.25. The highest BCUT2D eigenvalue weighted by Crippen LogP contribution is 2.23. The van der Waals surface area contributed by atoms with Gasteiger partial charge in [-0.25, -0.2) is 4.39 Å². The molecule has 0 bridgehead atoms. The molecule has 0 radical (unpaired) electrons. The predicted octanol–water partition coefficient (Wildman–Crippen LogP) is 4.57. The van der Waals surface area contributed by atoms with Gasteiger partial charge in [-0.2, -0.15) is 0 Å². The lowest BCUT2D eigenvalue weighted by Gasteiger charge is -2.08. The fourth-order valence-corrected chi connectivity index (χ4v) is 2.63. The molecule has 3 rings (SSSR count). The van der Waals surface area contributed by atoms with Gasteiger partial charge in [-0.05, 0) is 48.6 Å². The first-order chi connectivity index (χ1) is 12.6. The van der Waals surface area contributed by atoms with Crippen molar-refractivity contribution < 1.29 is 4.39 Å². The van der Waals surface area contributed by atoms with Crippen molar-refractivity contribution in [1.82, 2.24) is 14.9 Å². The first-order valence-corrected chi connectivity index (χ1v) is 8.43. The Morgan fingerprint density at radius 2 is 2.00 bits per heavy atom. The topological polar surface area (TPSA) is 42.2 Å². The van der Waals surface area contributed by atoms with Gasteiger partial charge in [-0.3, -0.25) is 9.98 Å². The van der Waals surface area contributed by atoms with Gasteiger partial charge in [-0.1, -0.05) is 24.8 Å². The average Bonchev–Trinajstić information content (AvgIpc) is 3.10. The maximum atomic E-state index is 14.5. The predicted molar refractivity (Wildman–Crippen MR) is 106 cm³/mol. The molecular formula is C21H21FN4. The van der Waals surface area contributed by atoms with E-state index in [1.165, 1.54) is 11.8 Å². The van der Waals surface area contributed by atoms with E-state index in [0.717, 1.165) is 17.3 Å². The van der Waals surface area contributed by atoms with E-state index in [2.05, 4.69) is 21.9 Å². The molecule has 0 aliphatic heterocycles. The minimum atomic E-state index is -0.435. The van der Waals surface area contributed by atoms with Gasteiger partial charge >= 0.3 is 0 Å². The van der Waals surface area contributed by atoms with Crippen LogP contribution in [0.1, 0.15) is 12.5 Å². The number of aliphatic imine (C=N–C) groups is 1. The highest BCUT2D eigenvalue weighted by Gasteiger charge is 2.07. The fraction of sp³-hybridized carbons (Fsp3) is 0.143. The molecule has 2 heterocycles. The quantitative estimate of drug-likeness (QED) is 0.403. The van der Waals surface area contributed by atoms with Gasteiger partial charge < -0.3 is 9.88 Å². The van der Waals surface area contributed by atoms with Gasteiger partial charge in [0.2, 0.25) is 0 Å². The number of hydrogen-bond donors (Lipinski definition) is 1. The molecule has 0 saturated carbocycles. The van der Waals surface area contributed by atoms with E-state index in [1.54, 1.807) is 17.0 Å². The fourth-order valence-electron chi connectivity index (χ4n) is 2.63. The monoisotopic (exact) mass is 348 g/mol. The number of fused-ring (bicyclic) bond motifs is 1. The molecule has 5 heteroatoms. The van der Waals surface area contributed by atoms with Gasteiger partial charge in [-0.15, -0.1) is 0 Å². The number of benzene rings is 1. The van der Waals surface area contributed by atoms with Crippen LogP contribution in [0.15, 0.2) is 84.7 Å². The third-order valence-electron chi connectivity index (χ3n) is 4.07. The number of halogens is 1. The Morgan fingerprint density at radius 3 is 2.81 bits per heavy atom. The first kappa shape index (κ1) is 17.6. The average molecular weight is 348 g/mol. The van der Waals surface area contributed by atoms with Crippen LogP contribution in [-0.2, 0) is 6.42 Å². The van der Waals surface area contributed by atoms with Crippen molar-refractivity contribution in [2.45, 2.75) is 13.3 Å². The number of rotatable bonds is 6. The van der Waals surface area contributed by atoms with Crippen LogP contribution in [0.2, 0.25) is 0 Å².